The van der Waals surface area contributed by atoms with Crippen LogP contribution in [0.4, 0.5) is 5.69 Å². The molecule has 1 aromatic heterocycles. The van der Waals surface area contributed by atoms with Crippen molar-refractivity contribution >= 4 is 21.6 Å². The monoisotopic (exact) mass is 343 g/mol. The lowest BCUT2D eigenvalue weighted by Gasteiger charge is -2.10. The highest BCUT2D eigenvalue weighted by atomic mass is 79.9. The predicted molar refractivity (Wildman–Crippen MR) is 86.2 cm³/mol. The molecule has 3 rings (SSSR count). The molecule has 21 heavy (non-hydrogen) atoms. The van der Waals surface area contributed by atoms with Gasteiger partial charge in [-0.1, -0.05) is 28.1 Å². The van der Waals surface area contributed by atoms with Crippen molar-refractivity contribution in [1.29, 1.82) is 0 Å². The maximum absolute atomic E-state index is 6.03. The zero-order chi connectivity index (χ0) is 15.0. The van der Waals surface area contributed by atoms with E-state index < -0.39 is 0 Å². The van der Waals surface area contributed by atoms with Crippen molar-refractivity contribution in [2.75, 3.05) is 5.73 Å². The average molecular weight is 344 g/mol. The summed E-state index contributed by atoms with van der Waals surface area (Å²) in [5, 5.41) is 12.0. The maximum Gasteiger partial charge on any atom is 0.189 e. The molecule has 1 heterocycles. The number of hydrogen-bond acceptors (Lipinski definition) is 4. The van der Waals surface area contributed by atoms with Gasteiger partial charge in [-0.25, -0.2) is 0 Å². The second-order valence-corrected chi connectivity index (χ2v) is 5.69. The van der Waals surface area contributed by atoms with E-state index in [4.69, 9.17) is 5.73 Å². The molecule has 0 spiro atoms. The molecule has 0 saturated carbocycles. The number of aromatic nitrogens is 4. The topological polar surface area (TPSA) is 69.6 Å². The highest BCUT2D eigenvalue weighted by molar-refractivity contribution is 9.10. The predicted octanol–water partition coefficient (Wildman–Crippen LogP) is 3.29. The average Bonchev–Trinajstić information content (AvgIpc) is 2.94. The number of para-hydroxylation sites is 1. The van der Waals surface area contributed by atoms with Crippen LogP contribution >= 0.6 is 15.9 Å². The summed E-state index contributed by atoms with van der Waals surface area (Å²) in [6.45, 7) is 4.09. The Morgan fingerprint density at radius 2 is 1.76 bits per heavy atom. The first-order chi connectivity index (χ1) is 10.1. The van der Waals surface area contributed by atoms with Crippen LogP contribution in [0.2, 0.25) is 0 Å². The summed E-state index contributed by atoms with van der Waals surface area (Å²) in [7, 11) is 0. The molecule has 0 aliphatic rings. The third kappa shape index (κ3) is 2.42. The van der Waals surface area contributed by atoms with Gasteiger partial charge in [0.15, 0.2) is 5.82 Å². The Morgan fingerprint density at radius 1 is 1.10 bits per heavy atom. The Balaban J connectivity index is 2.18. The van der Waals surface area contributed by atoms with Crippen LogP contribution in [-0.4, -0.2) is 20.2 Å². The van der Waals surface area contributed by atoms with Gasteiger partial charge in [0.25, 0.3) is 0 Å². The Morgan fingerprint density at radius 3 is 2.43 bits per heavy atom. The zero-order valence-electron chi connectivity index (χ0n) is 11.7. The van der Waals surface area contributed by atoms with Crippen LogP contribution in [0, 0.1) is 13.8 Å². The lowest BCUT2D eigenvalue weighted by atomic mass is 10.1. The van der Waals surface area contributed by atoms with Crippen molar-refractivity contribution in [3.05, 3.63) is 52.0 Å². The fourth-order valence-corrected chi connectivity index (χ4v) is 2.50. The minimum Gasteiger partial charge on any atom is -0.398 e. The molecule has 0 saturated heterocycles. The van der Waals surface area contributed by atoms with Gasteiger partial charge >= 0.3 is 0 Å². The van der Waals surface area contributed by atoms with Crippen molar-refractivity contribution in [2.24, 2.45) is 0 Å². The van der Waals surface area contributed by atoms with Crippen molar-refractivity contribution in [2.45, 2.75) is 13.8 Å². The standard InChI is InChI=1S/C15H14BrN5/c1-9-7-11(8-10(2)14(9)16)21-15(18-19-20-21)12-5-3-4-6-13(12)17/h3-8H,17H2,1-2H3. The van der Waals surface area contributed by atoms with Crippen molar-refractivity contribution in [1.82, 2.24) is 20.2 Å². The van der Waals surface area contributed by atoms with Gasteiger partial charge in [-0.3, -0.25) is 0 Å². The number of tetrazole rings is 1. The molecule has 2 N–H and O–H groups in total. The fraction of sp³-hybridized carbons (Fsp3) is 0.133. The molecule has 0 atom stereocenters. The normalized spacial score (nSPS) is 10.8. The van der Waals surface area contributed by atoms with Crippen LogP contribution < -0.4 is 5.73 Å². The molecule has 0 unspecified atom stereocenters. The first-order valence-electron chi connectivity index (χ1n) is 6.48. The lowest BCUT2D eigenvalue weighted by molar-refractivity contribution is 0.790. The second-order valence-electron chi connectivity index (χ2n) is 4.90. The van der Waals surface area contributed by atoms with Gasteiger partial charge in [-0.15, -0.1) is 5.10 Å². The number of rotatable bonds is 2. The summed E-state index contributed by atoms with van der Waals surface area (Å²) in [5.74, 6) is 0.634. The SMILES string of the molecule is Cc1cc(-n2nnnc2-c2ccccc2N)cc(C)c1Br. The Kier molecular flexibility index (Phi) is 3.47. The molecule has 0 fully saturated rings. The van der Waals surface area contributed by atoms with Gasteiger partial charge in [-0.05, 0) is 59.7 Å². The molecular weight excluding hydrogens is 330 g/mol. The number of anilines is 1. The van der Waals surface area contributed by atoms with Gasteiger partial charge < -0.3 is 5.73 Å². The molecule has 0 amide bonds. The summed E-state index contributed by atoms with van der Waals surface area (Å²) in [6, 6.07) is 11.6. The summed E-state index contributed by atoms with van der Waals surface area (Å²) in [6.07, 6.45) is 0. The molecular formula is C15H14BrN5. The minimum absolute atomic E-state index is 0.634. The third-order valence-corrected chi connectivity index (χ3v) is 4.59. The van der Waals surface area contributed by atoms with Crippen LogP contribution in [0.3, 0.4) is 0 Å². The molecule has 3 aromatic rings. The van der Waals surface area contributed by atoms with E-state index in [0.717, 1.165) is 26.9 Å². The van der Waals surface area contributed by atoms with Gasteiger partial charge in [0.2, 0.25) is 0 Å². The summed E-state index contributed by atoms with van der Waals surface area (Å²) < 4.78 is 2.80. The molecule has 0 aliphatic heterocycles. The number of nitrogen functional groups attached to an aromatic ring is 1. The van der Waals surface area contributed by atoms with E-state index in [1.807, 2.05) is 50.2 Å². The quantitative estimate of drug-likeness (QED) is 0.725. The lowest BCUT2D eigenvalue weighted by Crippen LogP contribution is -2.03. The van der Waals surface area contributed by atoms with Gasteiger partial charge in [0.05, 0.1) is 5.69 Å². The third-order valence-electron chi connectivity index (χ3n) is 3.34. The number of hydrogen-bond donors (Lipinski definition) is 1. The first-order valence-corrected chi connectivity index (χ1v) is 7.27. The smallest absolute Gasteiger partial charge is 0.189 e. The summed E-state index contributed by atoms with van der Waals surface area (Å²) in [5.41, 5.74) is 10.7. The van der Waals surface area contributed by atoms with Crippen LogP contribution in [0.1, 0.15) is 11.1 Å². The molecule has 5 nitrogen and oxygen atoms in total. The Hall–Kier alpha value is -2.21. The van der Waals surface area contributed by atoms with Crippen molar-refractivity contribution in [3.63, 3.8) is 0 Å². The van der Waals surface area contributed by atoms with Crippen molar-refractivity contribution < 1.29 is 0 Å². The fourth-order valence-electron chi connectivity index (χ4n) is 2.27. The van der Waals surface area contributed by atoms with Gasteiger partial charge in [0.1, 0.15) is 0 Å². The maximum atomic E-state index is 6.03. The van der Waals surface area contributed by atoms with Crippen LogP contribution in [0.15, 0.2) is 40.9 Å². The summed E-state index contributed by atoms with van der Waals surface area (Å²) >= 11 is 3.57. The molecule has 0 bridgehead atoms. The molecule has 106 valence electrons. The highest BCUT2D eigenvalue weighted by Gasteiger charge is 2.14. The number of nitrogens with two attached hydrogens (primary N) is 1. The zero-order valence-corrected chi connectivity index (χ0v) is 13.3. The minimum atomic E-state index is 0.634. The summed E-state index contributed by atoms with van der Waals surface area (Å²) in [4.78, 5) is 0. The van der Waals surface area contributed by atoms with Crippen LogP contribution in [0.5, 0.6) is 0 Å². The molecule has 6 heteroatoms. The number of halogens is 1. The molecule has 2 aromatic carbocycles. The van der Waals surface area contributed by atoms with E-state index in [2.05, 4.69) is 31.5 Å². The van der Waals surface area contributed by atoms with Crippen LogP contribution in [-0.2, 0) is 0 Å². The molecule has 0 radical (unpaired) electrons. The van der Waals surface area contributed by atoms with Gasteiger partial charge in [0, 0.05) is 15.7 Å². The van der Waals surface area contributed by atoms with E-state index in [-0.39, 0.29) is 0 Å². The van der Waals surface area contributed by atoms with Gasteiger partial charge in [-0.2, -0.15) is 4.68 Å². The van der Waals surface area contributed by atoms with E-state index in [1.54, 1.807) is 4.68 Å². The van der Waals surface area contributed by atoms with Crippen LogP contribution in [0.25, 0.3) is 17.1 Å². The number of aryl methyl sites for hydroxylation is 2. The molecule has 0 aliphatic carbocycles. The number of benzene rings is 2. The highest BCUT2D eigenvalue weighted by Crippen LogP contribution is 2.28. The first kappa shape index (κ1) is 13.8. The van der Waals surface area contributed by atoms with E-state index in [9.17, 15) is 0 Å². The largest absolute Gasteiger partial charge is 0.398 e. The van der Waals surface area contributed by atoms with E-state index in [0.29, 0.717) is 11.5 Å². The Labute approximate surface area is 130 Å². The van der Waals surface area contributed by atoms with E-state index >= 15 is 0 Å². The van der Waals surface area contributed by atoms with Crippen molar-refractivity contribution in [3.8, 4) is 17.1 Å². The Bertz CT molecular complexity index is 786. The second kappa shape index (κ2) is 5.29. The number of nitrogens with zero attached hydrogens (tertiary/aromatic N) is 4. The van der Waals surface area contributed by atoms with E-state index in [1.165, 1.54) is 0 Å².